The summed E-state index contributed by atoms with van der Waals surface area (Å²) in [5.74, 6) is -0.371. The fourth-order valence-corrected chi connectivity index (χ4v) is 4.21. The highest BCUT2D eigenvalue weighted by Gasteiger charge is 2.41. The lowest BCUT2D eigenvalue weighted by Gasteiger charge is -2.38. The topological polar surface area (TPSA) is 34.1 Å². The van der Waals surface area contributed by atoms with Crippen molar-refractivity contribution in [2.75, 3.05) is 6.61 Å². The van der Waals surface area contributed by atoms with E-state index in [1.165, 1.54) is 6.07 Å². The number of rotatable bonds is 4. The molecule has 0 saturated carbocycles. The van der Waals surface area contributed by atoms with Crippen molar-refractivity contribution in [1.82, 2.24) is 5.01 Å². The minimum Gasteiger partial charge on any atom is -0.494 e. The number of hydrogen-bond acceptors (Lipinski definition) is 4. The zero-order valence-corrected chi connectivity index (χ0v) is 17.4. The lowest BCUT2D eigenvalue weighted by molar-refractivity contribution is -0.0192. The third-order valence-corrected chi connectivity index (χ3v) is 5.71. The highest BCUT2D eigenvalue weighted by atomic mass is 35.5. The Morgan fingerprint density at radius 1 is 1.06 bits per heavy atom. The minimum atomic E-state index is -0.922. The molecule has 0 saturated heterocycles. The van der Waals surface area contributed by atoms with Crippen molar-refractivity contribution < 1.29 is 18.3 Å². The van der Waals surface area contributed by atoms with Crippen LogP contribution in [0.5, 0.6) is 11.5 Å². The van der Waals surface area contributed by atoms with Crippen molar-refractivity contribution in [1.29, 1.82) is 0 Å². The van der Waals surface area contributed by atoms with Gasteiger partial charge < -0.3 is 9.47 Å². The van der Waals surface area contributed by atoms with Gasteiger partial charge in [-0.2, -0.15) is 5.10 Å². The van der Waals surface area contributed by atoms with E-state index in [1.54, 1.807) is 17.1 Å². The highest BCUT2D eigenvalue weighted by molar-refractivity contribution is 6.30. The molecule has 4 nitrogen and oxygen atoms in total. The third-order valence-electron chi connectivity index (χ3n) is 5.48. The maximum absolute atomic E-state index is 14.0. The smallest absolute Gasteiger partial charge is 0.213 e. The Morgan fingerprint density at radius 3 is 2.61 bits per heavy atom. The molecule has 31 heavy (non-hydrogen) atoms. The number of benzene rings is 3. The zero-order chi connectivity index (χ0) is 21.5. The summed E-state index contributed by atoms with van der Waals surface area (Å²) in [5, 5.41) is 7.22. The summed E-state index contributed by atoms with van der Waals surface area (Å²) < 4.78 is 39.2. The van der Waals surface area contributed by atoms with E-state index in [-0.39, 0.29) is 6.04 Å². The lowest BCUT2D eigenvalue weighted by atomic mass is 9.96. The van der Waals surface area contributed by atoms with Crippen molar-refractivity contribution in [3.63, 3.8) is 0 Å². The summed E-state index contributed by atoms with van der Waals surface area (Å²) in [4.78, 5) is 0. The molecule has 3 aromatic rings. The number of nitrogens with zero attached hydrogens (tertiary/aromatic N) is 2. The number of hydrogen-bond donors (Lipinski definition) is 0. The molecule has 2 heterocycles. The van der Waals surface area contributed by atoms with Gasteiger partial charge in [-0.05, 0) is 67.1 Å². The van der Waals surface area contributed by atoms with Gasteiger partial charge in [-0.25, -0.2) is 13.8 Å². The maximum Gasteiger partial charge on any atom is 0.213 e. The normalized spacial score (nSPS) is 19.4. The van der Waals surface area contributed by atoms with Crippen molar-refractivity contribution in [3.05, 3.63) is 94.0 Å². The summed E-state index contributed by atoms with van der Waals surface area (Å²) in [5.41, 5.74) is 3.24. The molecule has 2 atom stereocenters. The van der Waals surface area contributed by atoms with Gasteiger partial charge in [0.2, 0.25) is 6.23 Å². The van der Waals surface area contributed by atoms with E-state index in [4.69, 9.17) is 26.2 Å². The maximum atomic E-state index is 14.0. The van der Waals surface area contributed by atoms with Crippen LogP contribution in [0.3, 0.4) is 0 Å². The molecule has 5 rings (SSSR count). The van der Waals surface area contributed by atoms with Gasteiger partial charge in [-0.15, -0.1) is 0 Å². The first-order valence-electron chi connectivity index (χ1n) is 10.0. The first kappa shape index (κ1) is 19.8. The van der Waals surface area contributed by atoms with Crippen LogP contribution in [0.25, 0.3) is 0 Å². The van der Waals surface area contributed by atoms with Gasteiger partial charge in [0.1, 0.15) is 11.5 Å². The molecule has 0 aliphatic carbocycles. The SMILES string of the molecule is CCOc1ccc(C2=NN3[C@@H](c4ccc(F)c(F)c4)Oc4ccc(Cl)cc4[C@@H]3C2)cc1. The quantitative estimate of drug-likeness (QED) is 0.480. The Morgan fingerprint density at radius 2 is 1.87 bits per heavy atom. The van der Waals surface area contributed by atoms with Crippen molar-refractivity contribution in [2.45, 2.75) is 25.6 Å². The molecular formula is C24H19ClF2N2O2. The van der Waals surface area contributed by atoms with Crippen LogP contribution in [-0.4, -0.2) is 17.3 Å². The van der Waals surface area contributed by atoms with Gasteiger partial charge in [0.25, 0.3) is 0 Å². The first-order chi connectivity index (χ1) is 15.0. The summed E-state index contributed by atoms with van der Waals surface area (Å²) in [6.07, 6.45) is -0.0563. The standard InChI is InChI=1S/C24H19ClF2N2O2/c1-2-30-17-7-3-14(4-8-17)21-13-22-18-12-16(25)6-10-23(18)31-24(29(22)28-21)15-5-9-19(26)20(27)11-15/h3-12,22,24H,2,13H2,1H3/t22-,24+/m0/s1. The Balaban J connectivity index is 1.55. The molecule has 0 amide bonds. The van der Waals surface area contributed by atoms with Crippen LogP contribution in [0.15, 0.2) is 65.8 Å². The molecule has 0 aromatic heterocycles. The molecular weight excluding hydrogens is 422 g/mol. The molecule has 2 aliphatic heterocycles. The second kappa shape index (κ2) is 7.85. The van der Waals surface area contributed by atoms with Gasteiger partial charge >= 0.3 is 0 Å². The van der Waals surface area contributed by atoms with Crippen LogP contribution in [-0.2, 0) is 0 Å². The predicted molar refractivity (Wildman–Crippen MR) is 115 cm³/mol. The molecule has 3 aromatic carbocycles. The van der Waals surface area contributed by atoms with Crippen LogP contribution in [0.2, 0.25) is 5.02 Å². The summed E-state index contributed by atoms with van der Waals surface area (Å²) >= 11 is 6.24. The van der Waals surface area contributed by atoms with E-state index >= 15 is 0 Å². The molecule has 0 spiro atoms. The molecule has 0 unspecified atom stereocenters. The monoisotopic (exact) mass is 440 g/mol. The largest absolute Gasteiger partial charge is 0.494 e. The molecule has 0 radical (unpaired) electrons. The van der Waals surface area contributed by atoms with E-state index in [9.17, 15) is 8.78 Å². The number of fused-ring (bicyclic) bond motifs is 3. The van der Waals surface area contributed by atoms with Gasteiger partial charge in [-0.1, -0.05) is 17.7 Å². The summed E-state index contributed by atoms with van der Waals surface area (Å²) in [6.45, 7) is 2.54. The van der Waals surface area contributed by atoms with Crippen LogP contribution in [0, 0.1) is 11.6 Å². The molecule has 0 fully saturated rings. The predicted octanol–water partition coefficient (Wildman–Crippen LogP) is 6.26. The van der Waals surface area contributed by atoms with Crippen LogP contribution < -0.4 is 9.47 Å². The third kappa shape index (κ3) is 3.61. The second-order valence-corrected chi connectivity index (χ2v) is 7.87. The second-order valence-electron chi connectivity index (χ2n) is 7.43. The van der Waals surface area contributed by atoms with Gasteiger partial charge in [0.15, 0.2) is 11.6 Å². The average molecular weight is 441 g/mol. The van der Waals surface area contributed by atoms with E-state index in [0.29, 0.717) is 29.4 Å². The average Bonchev–Trinajstić information content (AvgIpc) is 3.22. The van der Waals surface area contributed by atoms with E-state index in [1.807, 2.05) is 37.3 Å². The molecule has 0 bridgehead atoms. The van der Waals surface area contributed by atoms with Gasteiger partial charge in [0, 0.05) is 22.6 Å². The van der Waals surface area contributed by atoms with E-state index < -0.39 is 17.9 Å². The highest BCUT2D eigenvalue weighted by Crippen LogP contribution is 2.48. The Kier molecular flexibility index (Phi) is 5.02. The van der Waals surface area contributed by atoms with Gasteiger partial charge in [-0.3, -0.25) is 0 Å². The number of hydrazone groups is 1. The Labute approximate surface area is 183 Å². The van der Waals surface area contributed by atoms with E-state index in [0.717, 1.165) is 34.7 Å². The molecule has 158 valence electrons. The van der Waals surface area contributed by atoms with Crippen LogP contribution >= 0.6 is 11.6 Å². The number of halogens is 3. The minimum absolute atomic E-state index is 0.137. The zero-order valence-electron chi connectivity index (χ0n) is 16.7. The van der Waals surface area contributed by atoms with Crippen molar-refractivity contribution in [2.24, 2.45) is 5.10 Å². The molecule has 7 heteroatoms. The molecule has 0 N–H and O–H groups in total. The van der Waals surface area contributed by atoms with Gasteiger partial charge in [0.05, 0.1) is 18.4 Å². The Hall–Kier alpha value is -3.12. The fraction of sp³-hybridized carbons (Fsp3) is 0.208. The molecule has 2 aliphatic rings. The summed E-state index contributed by atoms with van der Waals surface area (Å²) in [7, 11) is 0. The summed E-state index contributed by atoms with van der Waals surface area (Å²) in [6, 6.07) is 16.8. The van der Waals surface area contributed by atoms with Crippen molar-refractivity contribution in [3.8, 4) is 11.5 Å². The first-order valence-corrected chi connectivity index (χ1v) is 10.4. The van der Waals surface area contributed by atoms with E-state index in [2.05, 4.69) is 0 Å². The van der Waals surface area contributed by atoms with Crippen LogP contribution in [0.4, 0.5) is 8.78 Å². The van der Waals surface area contributed by atoms with Crippen LogP contribution in [0.1, 0.15) is 42.3 Å². The van der Waals surface area contributed by atoms with Crippen molar-refractivity contribution >= 4 is 17.3 Å². The number of ether oxygens (including phenoxy) is 2. The lowest BCUT2D eigenvalue weighted by Crippen LogP contribution is -2.33. The fourth-order valence-electron chi connectivity index (χ4n) is 4.03. The Bertz CT molecular complexity index is 1170.